The molecule has 1 fully saturated rings. The van der Waals surface area contributed by atoms with Crippen molar-refractivity contribution in [1.29, 1.82) is 0 Å². The molecule has 1 saturated carbocycles. The Morgan fingerprint density at radius 2 is 1.95 bits per heavy atom. The van der Waals surface area contributed by atoms with Gasteiger partial charge in [0.15, 0.2) is 0 Å². The molecular formula is C15H22ClNO2. The predicted octanol–water partition coefficient (Wildman–Crippen LogP) is 2.66. The van der Waals surface area contributed by atoms with E-state index in [-0.39, 0.29) is 12.1 Å². The van der Waals surface area contributed by atoms with Crippen LogP contribution in [0.5, 0.6) is 0 Å². The molecule has 1 aliphatic rings. The standard InChI is InChI=1S/C15H22ClNO2/c16-12-7-5-4-6-11(12)15(19)10-17-13-8-2-1-3-9-14(13)18/h4-7,13-15,17-19H,1-3,8-10H2. The van der Waals surface area contributed by atoms with Gasteiger partial charge in [-0.2, -0.15) is 0 Å². The van der Waals surface area contributed by atoms with E-state index in [0.717, 1.165) is 31.2 Å². The van der Waals surface area contributed by atoms with Gasteiger partial charge in [-0.3, -0.25) is 0 Å². The van der Waals surface area contributed by atoms with Gasteiger partial charge in [-0.1, -0.05) is 49.1 Å². The maximum atomic E-state index is 10.2. The minimum absolute atomic E-state index is 0.0830. The topological polar surface area (TPSA) is 52.5 Å². The molecule has 1 aliphatic carbocycles. The van der Waals surface area contributed by atoms with E-state index in [1.165, 1.54) is 6.42 Å². The van der Waals surface area contributed by atoms with Crippen LogP contribution in [-0.2, 0) is 0 Å². The van der Waals surface area contributed by atoms with Crippen LogP contribution in [0, 0.1) is 0 Å². The Hall–Kier alpha value is -0.610. The van der Waals surface area contributed by atoms with E-state index in [4.69, 9.17) is 11.6 Å². The monoisotopic (exact) mass is 283 g/mol. The molecule has 0 heterocycles. The summed E-state index contributed by atoms with van der Waals surface area (Å²) in [6, 6.07) is 7.41. The lowest BCUT2D eigenvalue weighted by atomic mass is 10.0. The number of rotatable bonds is 4. The second-order valence-electron chi connectivity index (χ2n) is 5.26. The van der Waals surface area contributed by atoms with Crippen LogP contribution in [0.3, 0.4) is 0 Å². The average Bonchev–Trinajstić information content (AvgIpc) is 2.61. The van der Waals surface area contributed by atoms with Crippen LogP contribution in [0.1, 0.15) is 43.8 Å². The van der Waals surface area contributed by atoms with Crippen LogP contribution in [0.25, 0.3) is 0 Å². The van der Waals surface area contributed by atoms with Crippen molar-refractivity contribution in [2.24, 2.45) is 0 Å². The summed E-state index contributed by atoms with van der Waals surface area (Å²) in [6.45, 7) is 0.422. The molecule has 4 heteroatoms. The first kappa shape index (κ1) is 14.8. The Balaban J connectivity index is 1.89. The first-order chi connectivity index (χ1) is 9.18. The van der Waals surface area contributed by atoms with Gasteiger partial charge < -0.3 is 15.5 Å². The molecule has 0 aromatic heterocycles. The molecule has 3 N–H and O–H groups in total. The lowest BCUT2D eigenvalue weighted by Crippen LogP contribution is -2.41. The van der Waals surface area contributed by atoms with E-state index in [9.17, 15) is 10.2 Å². The van der Waals surface area contributed by atoms with Gasteiger partial charge in [0, 0.05) is 23.2 Å². The fourth-order valence-corrected chi connectivity index (χ4v) is 2.91. The smallest absolute Gasteiger partial charge is 0.0928 e. The molecule has 0 spiro atoms. The number of halogens is 1. The predicted molar refractivity (Wildman–Crippen MR) is 77.3 cm³/mol. The van der Waals surface area contributed by atoms with E-state index in [1.54, 1.807) is 6.07 Å². The molecule has 3 unspecified atom stereocenters. The number of hydrogen-bond donors (Lipinski definition) is 3. The summed E-state index contributed by atoms with van der Waals surface area (Å²) in [5.41, 5.74) is 0.736. The minimum Gasteiger partial charge on any atom is -0.392 e. The van der Waals surface area contributed by atoms with E-state index >= 15 is 0 Å². The zero-order valence-corrected chi connectivity index (χ0v) is 11.8. The molecule has 0 radical (unpaired) electrons. The fourth-order valence-electron chi connectivity index (χ4n) is 2.64. The summed E-state index contributed by atoms with van der Waals surface area (Å²) in [6.07, 6.45) is 4.28. The molecule has 106 valence electrons. The van der Waals surface area contributed by atoms with Gasteiger partial charge in [0.2, 0.25) is 0 Å². The summed E-state index contributed by atoms with van der Waals surface area (Å²) in [5.74, 6) is 0. The van der Waals surface area contributed by atoms with Gasteiger partial charge in [-0.05, 0) is 18.9 Å². The number of hydrogen-bond acceptors (Lipinski definition) is 3. The number of aliphatic hydroxyl groups excluding tert-OH is 2. The van der Waals surface area contributed by atoms with Crippen molar-refractivity contribution >= 4 is 11.6 Å². The molecular weight excluding hydrogens is 262 g/mol. The van der Waals surface area contributed by atoms with Gasteiger partial charge in [-0.25, -0.2) is 0 Å². The average molecular weight is 284 g/mol. The Morgan fingerprint density at radius 3 is 2.74 bits per heavy atom. The van der Waals surface area contributed by atoms with Crippen LogP contribution < -0.4 is 5.32 Å². The lowest BCUT2D eigenvalue weighted by Gasteiger charge is -2.23. The summed E-state index contributed by atoms with van der Waals surface area (Å²) in [4.78, 5) is 0. The summed E-state index contributed by atoms with van der Waals surface area (Å²) in [7, 11) is 0. The molecule has 0 aliphatic heterocycles. The second-order valence-corrected chi connectivity index (χ2v) is 5.66. The van der Waals surface area contributed by atoms with Gasteiger partial charge >= 0.3 is 0 Å². The van der Waals surface area contributed by atoms with Gasteiger partial charge in [-0.15, -0.1) is 0 Å². The highest BCUT2D eigenvalue weighted by Gasteiger charge is 2.22. The highest BCUT2D eigenvalue weighted by Crippen LogP contribution is 2.23. The molecule has 19 heavy (non-hydrogen) atoms. The van der Waals surface area contributed by atoms with Crippen molar-refractivity contribution in [3.63, 3.8) is 0 Å². The van der Waals surface area contributed by atoms with Crippen molar-refractivity contribution in [3.05, 3.63) is 34.9 Å². The summed E-state index contributed by atoms with van der Waals surface area (Å²) >= 11 is 6.06. The van der Waals surface area contributed by atoms with Gasteiger partial charge in [0.1, 0.15) is 0 Å². The Labute approximate surface area is 119 Å². The third-order valence-electron chi connectivity index (χ3n) is 3.82. The summed E-state index contributed by atoms with van der Waals surface area (Å²) in [5, 5.41) is 24.0. The highest BCUT2D eigenvalue weighted by molar-refractivity contribution is 6.31. The molecule has 1 aromatic rings. The van der Waals surface area contributed by atoms with Crippen molar-refractivity contribution in [2.45, 2.75) is 50.4 Å². The van der Waals surface area contributed by atoms with E-state index < -0.39 is 6.10 Å². The molecule has 1 aromatic carbocycles. The Kier molecular flexibility index (Phi) is 5.64. The zero-order valence-electron chi connectivity index (χ0n) is 11.1. The van der Waals surface area contributed by atoms with Crippen LogP contribution >= 0.6 is 11.6 Å². The SMILES string of the molecule is OC(CNC1CCCCCC1O)c1ccccc1Cl. The molecule has 3 nitrogen and oxygen atoms in total. The molecule has 0 amide bonds. The van der Waals surface area contributed by atoms with Crippen LogP contribution in [0.15, 0.2) is 24.3 Å². The normalized spacial score (nSPS) is 25.8. The quantitative estimate of drug-likeness (QED) is 0.745. The lowest BCUT2D eigenvalue weighted by molar-refractivity contribution is 0.104. The van der Waals surface area contributed by atoms with E-state index in [1.807, 2.05) is 18.2 Å². The highest BCUT2D eigenvalue weighted by atomic mass is 35.5. The van der Waals surface area contributed by atoms with Crippen LogP contribution in [0.4, 0.5) is 0 Å². The molecule has 2 rings (SSSR count). The maximum absolute atomic E-state index is 10.2. The Morgan fingerprint density at radius 1 is 1.21 bits per heavy atom. The van der Waals surface area contributed by atoms with Crippen molar-refractivity contribution < 1.29 is 10.2 Å². The minimum atomic E-state index is -0.635. The van der Waals surface area contributed by atoms with Crippen molar-refractivity contribution in [1.82, 2.24) is 5.32 Å². The van der Waals surface area contributed by atoms with Crippen molar-refractivity contribution in [2.75, 3.05) is 6.54 Å². The number of aliphatic hydroxyl groups is 2. The summed E-state index contributed by atoms with van der Waals surface area (Å²) < 4.78 is 0. The third-order valence-corrected chi connectivity index (χ3v) is 4.16. The van der Waals surface area contributed by atoms with Crippen LogP contribution in [0.2, 0.25) is 5.02 Å². The molecule has 0 saturated heterocycles. The fraction of sp³-hybridized carbons (Fsp3) is 0.600. The van der Waals surface area contributed by atoms with E-state index in [2.05, 4.69) is 5.32 Å². The maximum Gasteiger partial charge on any atom is 0.0928 e. The first-order valence-corrected chi connectivity index (χ1v) is 7.40. The second kappa shape index (κ2) is 7.25. The van der Waals surface area contributed by atoms with Gasteiger partial charge in [0.05, 0.1) is 12.2 Å². The van der Waals surface area contributed by atoms with Crippen LogP contribution in [-0.4, -0.2) is 28.9 Å². The zero-order chi connectivity index (χ0) is 13.7. The van der Waals surface area contributed by atoms with Crippen molar-refractivity contribution in [3.8, 4) is 0 Å². The van der Waals surface area contributed by atoms with Gasteiger partial charge in [0.25, 0.3) is 0 Å². The first-order valence-electron chi connectivity index (χ1n) is 7.02. The third kappa shape index (κ3) is 4.18. The number of nitrogens with one attached hydrogen (secondary N) is 1. The Bertz CT molecular complexity index is 399. The largest absolute Gasteiger partial charge is 0.392 e. The molecule has 0 bridgehead atoms. The van der Waals surface area contributed by atoms with E-state index in [0.29, 0.717) is 11.6 Å². The molecule has 3 atom stereocenters. The number of benzene rings is 1.